The monoisotopic (exact) mass is 198 g/mol. The van der Waals surface area contributed by atoms with Crippen molar-refractivity contribution in [2.75, 3.05) is 19.6 Å². The van der Waals surface area contributed by atoms with Crippen molar-refractivity contribution >= 4 is 5.91 Å². The van der Waals surface area contributed by atoms with Crippen LogP contribution in [-0.2, 0) is 4.79 Å². The van der Waals surface area contributed by atoms with Crippen molar-refractivity contribution in [2.24, 2.45) is 5.92 Å². The van der Waals surface area contributed by atoms with E-state index in [1.54, 1.807) is 6.92 Å². The third-order valence-electron chi connectivity index (χ3n) is 3.27. The lowest BCUT2D eigenvalue weighted by Crippen LogP contribution is -2.54. The fourth-order valence-corrected chi connectivity index (χ4v) is 2.27. The summed E-state index contributed by atoms with van der Waals surface area (Å²) in [6.45, 7) is 4.21. The minimum Gasteiger partial charge on any atom is -0.391 e. The number of likely N-dealkylation sites (tertiary alicyclic amines) is 1. The summed E-state index contributed by atoms with van der Waals surface area (Å²) in [6, 6.07) is 0.0584. The number of aliphatic hydroxyl groups is 1. The Balaban J connectivity index is 1.97. The van der Waals surface area contributed by atoms with Gasteiger partial charge in [0.2, 0.25) is 5.91 Å². The maximum absolute atomic E-state index is 11.9. The van der Waals surface area contributed by atoms with Crippen LogP contribution in [-0.4, -0.2) is 47.7 Å². The standard InChI is InChI=1S/C10H18N2O2/c1-7(13)9-3-2-4-12(9)10(14)8-5-11-6-8/h7-9,11,13H,2-6H2,1H3/t7-,9-/m0/s1. The molecular weight excluding hydrogens is 180 g/mol. The van der Waals surface area contributed by atoms with Gasteiger partial charge in [-0.15, -0.1) is 0 Å². The maximum atomic E-state index is 11.9. The average molecular weight is 198 g/mol. The van der Waals surface area contributed by atoms with Crippen molar-refractivity contribution in [3.63, 3.8) is 0 Å². The Morgan fingerprint density at radius 3 is 2.79 bits per heavy atom. The van der Waals surface area contributed by atoms with Crippen LogP contribution in [0, 0.1) is 5.92 Å². The van der Waals surface area contributed by atoms with E-state index in [2.05, 4.69) is 5.32 Å². The molecule has 2 N–H and O–H groups in total. The van der Waals surface area contributed by atoms with Crippen LogP contribution in [0.25, 0.3) is 0 Å². The average Bonchev–Trinajstić information content (AvgIpc) is 2.47. The summed E-state index contributed by atoms with van der Waals surface area (Å²) in [7, 11) is 0. The highest BCUT2D eigenvalue weighted by atomic mass is 16.3. The maximum Gasteiger partial charge on any atom is 0.228 e. The molecule has 0 unspecified atom stereocenters. The summed E-state index contributed by atoms with van der Waals surface area (Å²) in [4.78, 5) is 13.8. The van der Waals surface area contributed by atoms with Crippen LogP contribution in [0.2, 0.25) is 0 Å². The first-order valence-corrected chi connectivity index (χ1v) is 5.39. The molecule has 1 amide bonds. The molecule has 2 heterocycles. The van der Waals surface area contributed by atoms with Gasteiger partial charge in [0.05, 0.1) is 18.1 Å². The molecule has 0 saturated carbocycles. The van der Waals surface area contributed by atoms with Crippen LogP contribution in [0.4, 0.5) is 0 Å². The molecule has 4 nitrogen and oxygen atoms in total. The predicted octanol–water partition coefficient (Wildman–Crippen LogP) is -0.422. The second-order valence-electron chi connectivity index (χ2n) is 4.34. The molecule has 80 valence electrons. The summed E-state index contributed by atoms with van der Waals surface area (Å²) in [5.41, 5.74) is 0. The van der Waals surface area contributed by atoms with Crippen LogP contribution in [0.15, 0.2) is 0 Å². The van der Waals surface area contributed by atoms with Crippen LogP contribution in [0.1, 0.15) is 19.8 Å². The van der Waals surface area contributed by atoms with Gasteiger partial charge in [0.25, 0.3) is 0 Å². The van der Waals surface area contributed by atoms with Crippen molar-refractivity contribution in [3.05, 3.63) is 0 Å². The number of carbonyl (C=O) groups excluding carboxylic acids is 1. The van der Waals surface area contributed by atoms with Gasteiger partial charge in [-0.05, 0) is 19.8 Å². The van der Waals surface area contributed by atoms with E-state index in [1.165, 1.54) is 0 Å². The van der Waals surface area contributed by atoms with Gasteiger partial charge in [-0.1, -0.05) is 0 Å². The number of nitrogens with one attached hydrogen (secondary N) is 1. The van der Waals surface area contributed by atoms with Crippen molar-refractivity contribution in [3.8, 4) is 0 Å². The van der Waals surface area contributed by atoms with E-state index in [9.17, 15) is 9.90 Å². The van der Waals surface area contributed by atoms with Crippen molar-refractivity contribution in [2.45, 2.75) is 31.9 Å². The van der Waals surface area contributed by atoms with E-state index >= 15 is 0 Å². The predicted molar refractivity (Wildman–Crippen MR) is 52.8 cm³/mol. The molecule has 2 aliphatic rings. The number of carbonyl (C=O) groups is 1. The minimum atomic E-state index is -0.394. The van der Waals surface area contributed by atoms with Gasteiger partial charge < -0.3 is 15.3 Å². The molecule has 0 aromatic carbocycles. The molecule has 0 aromatic rings. The number of nitrogens with zero attached hydrogens (tertiary/aromatic N) is 1. The molecular formula is C10H18N2O2. The normalized spacial score (nSPS) is 30.1. The van der Waals surface area contributed by atoms with Gasteiger partial charge in [-0.3, -0.25) is 4.79 Å². The lowest BCUT2D eigenvalue weighted by Gasteiger charge is -2.34. The third-order valence-corrected chi connectivity index (χ3v) is 3.27. The Bertz CT molecular complexity index is 226. The van der Waals surface area contributed by atoms with Gasteiger partial charge in [-0.2, -0.15) is 0 Å². The summed E-state index contributed by atoms with van der Waals surface area (Å²) in [6.07, 6.45) is 1.58. The highest BCUT2D eigenvalue weighted by Gasteiger charge is 2.37. The Morgan fingerprint density at radius 2 is 2.29 bits per heavy atom. The molecule has 0 aliphatic carbocycles. The van der Waals surface area contributed by atoms with Crippen LogP contribution >= 0.6 is 0 Å². The van der Waals surface area contributed by atoms with E-state index in [0.29, 0.717) is 0 Å². The number of rotatable bonds is 2. The van der Waals surface area contributed by atoms with E-state index in [1.807, 2.05) is 4.90 Å². The van der Waals surface area contributed by atoms with Crippen LogP contribution < -0.4 is 5.32 Å². The molecule has 0 radical (unpaired) electrons. The zero-order valence-electron chi connectivity index (χ0n) is 8.57. The molecule has 2 rings (SSSR count). The Labute approximate surface area is 84.3 Å². The SMILES string of the molecule is C[C@H](O)[C@@H]1CCCN1C(=O)C1CNC1. The lowest BCUT2D eigenvalue weighted by atomic mass is 10.0. The van der Waals surface area contributed by atoms with E-state index in [4.69, 9.17) is 0 Å². The molecule has 14 heavy (non-hydrogen) atoms. The first-order valence-electron chi connectivity index (χ1n) is 5.39. The minimum absolute atomic E-state index is 0.0584. The fourth-order valence-electron chi connectivity index (χ4n) is 2.27. The molecule has 2 atom stereocenters. The smallest absolute Gasteiger partial charge is 0.228 e. The summed E-state index contributed by atoms with van der Waals surface area (Å²) < 4.78 is 0. The van der Waals surface area contributed by atoms with Crippen LogP contribution in [0.3, 0.4) is 0 Å². The fraction of sp³-hybridized carbons (Fsp3) is 0.900. The molecule has 4 heteroatoms. The summed E-state index contributed by atoms with van der Waals surface area (Å²) in [5, 5.41) is 12.6. The first kappa shape index (κ1) is 9.93. The first-order chi connectivity index (χ1) is 6.70. The van der Waals surface area contributed by atoms with Gasteiger partial charge in [0, 0.05) is 19.6 Å². The topological polar surface area (TPSA) is 52.6 Å². The second kappa shape index (κ2) is 3.87. The Hall–Kier alpha value is -0.610. The van der Waals surface area contributed by atoms with Crippen molar-refractivity contribution < 1.29 is 9.90 Å². The van der Waals surface area contributed by atoms with Gasteiger partial charge in [0.1, 0.15) is 0 Å². The highest BCUT2D eigenvalue weighted by Crippen LogP contribution is 2.23. The van der Waals surface area contributed by atoms with Gasteiger partial charge in [-0.25, -0.2) is 0 Å². The molecule has 2 saturated heterocycles. The number of aliphatic hydroxyl groups excluding tert-OH is 1. The van der Waals surface area contributed by atoms with E-state index in [0.717, 1.165) is 32.5 Å². The zero-order chi connectivity index (χ0) is 10.1. The summed E-state index contributed by atoms with van der Waals surface area (Å²) in [5.74, 6) is 0.390. The Morgan fingerprint density at radius 1 is 1.57 bits per heavy atom. The highest BCUT2D eigenvalue weighted by molar-refractivity contribution is 5.80. The molecule has 0 bridgehead atoms. The van der Waals surface area contributed by atoms with Gasteiger partial charge in [0.15, 0.2) is 0 Å². The summed E-state index contributed by atoms with van der Waals surface area (Å²) >= 11 is 0. The quantitative estimate of drug-likeness (QED) is 0.633. The van der Waals surface area contributed by atoms with Gasteiger partial charge >= 0.3 is 0 Å². The Kier molecular flexibility index (Phi) is 2.74. The van der Waals surface area contributed by atoms with Crippen molar-refractivity contribution in [1.29, 1.82) is 0 Å². The third kappa shape index (κ3) is 1.64. The lowest BCUT2D eigenvalue weighted by molar-refractivity contribution is -0.139. The largest absolute Gasteiger partial charge is 0.391 e. The van der Waals surface area contributed by atoms with Crippen LogP contribution in [0.5, 0.6) is 0 Å². The molecule has 2 aliphatic heterocycles. The molecule has 0 aromatic heterocycles. The zero-order valence-corrected chi connectivity index (χ0v) is 8.57. The van der Waals surface area contributed by atoms with E-state index in [-0.39, 0.29) is 17.9 Å². The van der Waals surface area contributed by atoms with E-state index < -0.39 is 6.10 Å². The number of hydrogen-bond donors (Lipinski definition) is 2. The molecule has 2 fully saturated rings. The van der Waals surface area contributed by atoms with Crippen molar-refractivity contribution in [1.82, 2.24) is 10.2 Å². The number of hydrogen-bond acceptors (Lipinski definition) is 3. The molecule has 0 spiro atoms. The second-order valence-corrected chi connectivity index (χ2v) is 4.34. The number of amides is 1.